The Labute approximate surface area is 98.6 Å². The lowest BCUT2D eigenvalue weighted by Gasteiger charge is -2.41. The third-order valence-electron chi connectivity index (χ3n) is 4.12. The molecule has 0 N–H and O–H groups in total. The van der Waals surface area contributed by atoms with Crippen molar-refractivity contribution in [2.45, 2.75) is 58.8 Å². The first kappa shape index (κ1) is 11.6. The lowest BCUT2D eigenvalue weighted by Crippen LogP contribution is -2.31. The smallest absolute Gasteiger partial charge is 0.155 e. The molecular weight excluding hydrogens is 196 g/mol. The lowest BCUT2D eigenvalue weighted by molar-refractivity contribution is -0.116. The number of hydrogen-bond acceptors (Lipinski definition) is 1. The Bertz CT molecular complexity index is 344. The Hall–Kier alpha value is -0.850. The minimum Gasteiger partial charge on any atom is -0.295 e. The molecule has 88 valence electrons. The molecule has 2 aliphatic rings. The van der Waals surface area contributed by atoms with Crippen molar-refractivity contribution in [3.8, 4) is 0 Å². The number of fused-ring (bicyclic) bond motifs is 1. The standard InChI is InChI=1S/C15H22O/c1-12(2)6-9-15-8-4-3-5-13(15)11-14(16)7-10-15/h6,11H,3-5,7-10H2,1-2H3. The van der Waals surface area contributed by atoms with Gasteiger partial charge in [0, 0.05) is 6.42 Å². The molecule has 16 heavy (non-hydrogen) atoms. The summed E-state index contributed by atoms with van der Waals surface area (Å²) < 4.78 is 0. The van der Waals surface area contributed by atoms with Gasteiger partial charge >= 0.3 is 0 Å². The molecule has 1 atom stereocenters. The highest BCUT2D eigenvalue weighted by Gasteiger charge is 2.38. The third kappa shape index (κ3) is 2.28. The van der Waals surface area contributed by atoms with Gasteiger partial charge in [-0.3, -0.25) is 4.79 Å². The topological polar surface area (TPSA) is 17.1 Å². The average Bonchev–Trinajstić information content (AvgIpc) is 2.27. The molecule has 1 fully saturated rings. The van der Waals surface area contributed by atoms with Crippen molar-refractivity contribution < 1.29 is 4.79 Å². The van der Waals surface area contributed by atoms with Crippen molar-refractivity contribution in [1.82, 2.24) is 0 Å². The molecule has 0 saturated heterocycles. The van der Waals surface area contributed by atoms with Crippen LogP contribution in [0.2, 0.25) is 0 Å². The first-order valence-corrected chi connectivity index (χ1v) is 6.50. The second-order valence-corrected chi connectivity index (χ2v) is 5.61. The third-order valence-corrected chi connectivity index (χ3v) is 4.12. The Kier molecular flexibility index (Phi) is 3.32. The molecule has 0 heterocycles. The van der Waals surface area contributed by atoms with E-state index < -0.39 is 0 Å². The van der Waals surface area contributed by atoms with Gasteiger partial charge in [-0.2, -0.15) is 0 Å². The fourth-order valence-corrected chi connectivity index (χ4v) is 3.08. The maximum absolute atomic E-state index is 11.5. The van der Waals surface area contributed by atoms with Gasteiger partial charge in [0.25, 0.3) is 0 Å². The van der Waals surface area contributed by atoms with Crippen LogP contribution in [-0.2, 0) is 4.79 Å². The lowest BCUT2D eigenvalue weighted by atomic mass is 9.63. The molecule has 0 aliphatic heterocycles. The molecular formula is C15H22O. The van der Waals surface area contributed by atoms with E-state index in [2.05, 4.69) is 19.9 Å². The molecule has 0 aromatic rings. The maximum atomic E-state index is 11.5. The van der Waals surface area contributed by atoms with Crippen molar-refractivity contribution in [2.24, 2.45) is 5.41 Å². The molecule has 0 aromatic heterocycles. The molecule has 1 unspecified atom stereocenters. The first-order chi connectivity index (χ1) is 7.62. The van der Waals surface area contributed by atoms with Crippen molar-refractivity contribution in [3.63, 3.8) is 0 Å². The number of allylic oxidation sites excluding steroid dienone is 4. The summed E-state index contributed by atoms with van der Waals surface area (Å²) in [7, 11) is 0. The summed E-state index contributed by atoms with van der Waals surface area (Å²) in [5.41, 5.74) is 3.20. The van der Waals surface area contributed by atoms with Crippen LogP contribution in [0.15, 0.2) is 23.3 Å². The predicted molar refractivity (Wildman–Crippen MR) is 67.3 cm³/mol. The van der Waals surface area contributed by atoms with Crippen molar-refractivity contribution in [3.05, 3.63) is 23.3 Å². The van der Waals surface area contributed by atoms with Crippen molar-refractivity contribution in [1.29, 1.82) is 0 Å². The minimum absolute atomic E-state index is 0.351. The summed E-state index contributed by atoms with van der Waals surface area (Å²) in [6.45, 7) is 4.33. The van der Waals surface area contributed by atoms with Gasteiger partial charge in [0.2, 0.25) is 0 Å². The highest BCUT2D eigenvalue weighted by molar-refractivity contribution is 5.91. The van der Waals surface area contributed by atoms with Gasteiger partial charge in [-0.05, 0) is 57.4 Å². The van der Waals surface area contributed by atoms with Gasteiger partial charge in [0.15, 0.2) is 5.78 Å². The quantitative estimate of drug-likeness (QED) is 0.635. The molecule has 0 amide bonds. The zero-order chi connectivity index (χ0) is 11.6. The molecule has 1 saturated carbocycles. The van der Waals surface area contributed by atoms with E-state index in [4.69, 9.17) is 0 Å². The zero-order valence-corrected chi connectivity index (χ0v) is 10.5. The van der Waals surface area contributed by atoms with E-state index in [1.807, 2.05) is 6.08 Å². The summed E-state index contributed by atoms with van der Waals surface area (Å²) in [4.78, 5) is 11.5. The van der Waals surface area contributed by atoms with E-state index in [0.29, 0.717) is 11.2 Å². The fraction of sp³-hybridized carbons (Fsp3) is 0.667. The van der Waals surface area contributed by atoms with Crippen LogP contribution in [0.3, 0.4) is 0 Å². The Balaban J connectivity index is 2.24. The molecule has 2 rings (SSSR count). The Morgan fingerprint density at radius 2 is 2.12 bits per heavy atom. The fourth-order valence-electron chi connectivity index (χ4n) is 3.08. The summed E-state index contributed by atoms with van der Waals surface area (Å²) >= 11 is 0. The number of hydrogen-bond donors (Lipinski definition) is 0. The predicted octanol–water partition coefficient (Wildman–Crippen LogP) is 4.19. The molecule has 0 spiro atoms. The van der Waals surface area contributed by atoms with E-state index in [1.165, 1.54) is 30.4 Å². The normalized spacial score (nSPS) is 29.4. The number of rotatable bonds is 2. The molecule has 0 bridgehead atoms. The van der Waals surface area contributed by atoms with Crippen LogP contribution in [0.5, 0.6) is 0 Å². The minimum atomic E-state index is 0.351. The summed E-state index contributed by atoms with van der Waals surface area (Å²) in [5, 5.41) is 0. The van der Waals surface area contributed by atoms with Crippen LogP contribution in [0, 0.1) is 5.41 Å². The summed E-state index contributed by atoms with van der Waals surface area (Å²) in [6.07, 6.45) is 12.4. The van der Waals surface area contributed by atoms with Crippen LogP contribution in [0.4, 0.5) is 0 Å². The van der Waals surface area contributed by atoms with Gasteiger partial charge in [-0.1, -0.05) is 23.6 Å². The monoisotopic (exact) mass is 218 g/mol. The number of ketones is 1. The average molecular weight is 218 g/mol. The van der Waals surface area contributed by atoms with E-state index in [-0.39, 0.29) is 0 Å². The van der Waals surface area contributed by atoms with Crippen molar-refractivity contribution >= 4 is 5.78 Å². The van der Waals surface area contributed by atoms with Crippen molar-refractivity contribution in [2.75, 3.05) is 0 Å². The van der Waals surface area contributed by atoms with Crippen LogP contribution in [0.25, 0.3) is 0 Å². The van der Waals surface area contributed by atoms with E-state index in [0.717, 1.165) is 25.7 Å². The van der Waals surface area contributed by atoms with E-state index in [9.17, 15) is 4.79 Å². The van der Waals surface area contributed by atoms with Crippen LogP contribution >= 0.6 is 0 Å². The first-order valence-electron chi connectivity index (χ1n) is 6.50. The van der Waals surface area contributed by atoms with Gasteiger partial charge in [0.05, 0.1) is 0 Å². The Morgan fingerprint density at radius 3 is 2.88 bits per heavy atom. The van der Waals surface area contributed by atoms with Gasteiger partial charge < -0.3 is 0 Å². The van der Waals surface area contributed by atoms with Crippen LogP contribution < -0.4 is 0 Å². The highest BCUT2D eigenvalue weighted by Crippen LogP contribution is 2.49. The maximum Gasteiger partial charge on any atom is 0.155 e. The van der Waals surface area contributed by atoms with Crippen LogP contribution in [0.1, 0.15) is 58.8 Å². The molecule has 1 nitrogen and oxygen atoms in total. The molecule has 0 aromatic carbocycles. The SMILES string of the molecule is CC(C)=CCC12CCCCC1=CC(=O)CC2. The van der Waals surface area contributed by atoms with E-state index >= 15 is 0 Å². The second-order valence-electron chi connectivity index (χ2n) is 5.61. The number of carbonyl (C=O) groups excluding carboxylic acids is 1. The highest BCUT2D eigenvalue weighted by atomic mass is 16.1. The number of carbonyl (C=O) groups is 1. The van der Waals surface area contributed by atoms with Gasteiger partial charge in [-0.25, -0.2) is 0 Å². The van der Waals surface area contributed by atoms with Gasteiger partial charge in [-0.15, -0.1) is 0 Å². The Morgan fingerprint density at radius 1 is 1.31 bits per heavy atom. The second kappa shape index (κ2) is 4.57. The summed E-state index contributed by atoms with van der Waals surface area (Å²) in [6, 6.07) is 0. The van der Waals surface area contributed by atoms with E-state index in [1.54, 1.807) is 0 Å². The molecule has 2 aliphatic carbocycles. The largest absolute Gasteiger partial charge is 0.295 e. The van der Waals surface area contributed by atoms with Gasteiger partial charge in [0.1, 0.15) is 0 Å². The molecule has 0 radical (unpaired) electrons. The summed E-state index contributed by atoms with van der Waals surface area (Å²) in [5.74, 6) is 0.352. The zero-order valence-electron chi connectivity index (χ0n) is 10.5. The molecule has 1 heteroatoms. The van der Waals surface area contributed by atoms with Crippen LogP contribution in [-0.4, -0.2) is 5.78 Å².